The first kappa shape index (κ1) is 26.7. The minimum Gasteiger partial charge on any atom is -0.478 e. The third kappa shape index (κ3) is 6.59. The molecule has 36 heavy (non-hydrogen) atoms. The number of amides is 1. The van der Waals surface area contributed by atoms with E-state index in [9.17, 15) is 18.8 Å². The van der Waals surface area contributed by atoms with Crippen molar-refractivity contribution in [2.45, 2.75) is 53.3 Å². The molecule has 0 fully saturated rings. The van der Waals surface area contributed by atoms with Gasteiger partial charge in [0.25, 0.3) is 5.56 Å². The summed E-state index contributed by atoms with van der Waals surface area (Å²) < 4.78 is 20.8. The van der Waals surface area contributed by atoms with Gasteiger partial charge >= 0.3 is 12.1 Å². The van der Waals surface area contributed by atoms with Gasteiger partial charge < -0.3 is 19.7 Å². The van der Waals surface area contributed by atoms with Crippen LogP contribution in [0, 0.1) is 11.7 Å². The first-order valence-corrected chi connectivity index (χ1v) is 11.7. The summed E-state index contributed by atoms with van der Waals surface area (Å²) in [6, 6.07) is 11.0. The molecule has 0 bridgehead atoms. The van der Waals surface area contributed by atoms with Gasteiger partial charge in [-0.05, 0) is 73.5 Å². The van der Waals surface area contributed by atoms with Crippen LogP contribution in [0.3, 0.4) is 0 Å². The maximum absolute atomic E-state index is 13.8. The summed E-state index contributed by atoms with van der Waals surface area (Å²) in [5.74, 6) is -1.38. The van der Waals surface area contributed by atoms with E-state index in [1.54, 1.807) is 55.7 Å². The Kier molecular flexibility index (Phi) is 7.97. The second kappa shape index (κ2) is 10.8. The van der Waals surface area contributed by atoms with Gasteiger partial charge in [-0.25, -0.2) is 14.0 Å². The van der Waals surface area contributed by atoms with Gasteiger partial charge in [0, 0.05) is 29.3 Å². The Morgan fingerprint density at radius 1 is 1.11 bits per heavy atom. The highest BCUT2D eigenvalue weighted by Crippen LogP contribution is 2.32. The lowest BCUT2D eigenvalue weighted by molar-refractivity contribution is -0.131. The monoisotopic (exact) mass is 494 g/mol. The fourth-order valence-corrected chi connectivity index (χ4v) is 3.94. The third-order valence-corrected chi connectivity index (χ3v) is 5.30. The number of alkyl carbamates (subject to hydrolysis) is 1. The van der Waals surface area contributed by atoms with Crippen molar-refractivity contribution in [3.63, 3.8) is 0 Å². The molecule has 0 spiro atoms. The SMILES string of the molecule is CC(C)Cn1c(CNC(=O)OC(C)(C)C)c(-c2ccc(F)cc2)c2cc(C=CC(=O)O)ccc2c1=O. The van der Waals surface area contributed by atoms with E-state index in [1.807, 2.05) is 13.8 Å². The molecule has 8 heteroatoms. The highest BCUT2D eigenvalue weighted by atomic mass is 19.1. The summed E-state index contributed by atoms with van der Waals surface area (Å²) in [5.41, 5.74) is 1.49. The van der Waals surface area contributed by atoms with Gasteiger partial charge in [0.05, 0.1) is 6.54 Å². The molecule has 0 aliphatic carbocycles. The van der Waals surface area contributed by atoms with Crippen LogP contribution in [0.2, 0.25) is 0 Å². The van der Waals surface area contributed by atoms with Crippen LogP contribution in [0.1, 0.15) is 45.9 Å². The van der Waals surface area contributed by atoms with Crippen LogP contribution in [-0.4, -0.2) is 27.3 Å². The Balaban J connectivity index is 2.31. The molecule has 0 atom stereocenters. The third-order valence-electron chi connectivity index (χ3n) is 5.30. The molecule has 0 saturated carbocycles. The first-order chi connectivity index (χ1) is 16.9. The summed E-state index contributed by atoms with van der Waals surface area (Å²) in [4.78, 5) is 37.1. The number of nitrogens with one attached hydrogen (secondary N) is 1. The highest BCUT2D eigenvalue weighted by molar-refractivity contribution is 5.99. The molecular weight excluding hydrogens is 463 g/mol. The Bertz CT molecular complexity index is 1370. The highest BCUT2D eigenvalue weighted by Gasteiger charge is 2.21. The molecule has 0 radical (unpaired) electrons. The molecule has 190 valence electrons. The van der Waals surface area contributed by atoms with Crippen molar-refractivity contribution in [2.24, 2.45) is 5.92 Å². The summed E-state index contributed by atoms with van der Waals surface area (Å²) in [6.07, 6.45) is 1.83. The second-order valence-corrected chi connectivity index (χ2v) is 9.97. The summed E-state index contributed by atoms with van der Waals surface area (Å²) in [5, 5.41) is 12.8. The van der Waals surface area contributed by atoms with E-state index in [0.29, 0.717) is 39.7 Å². The van der Waals surface area contributed by atoms with E-state index in [-0.39, 0.29) is 18.0 Å². The quantitative estimate of drug-likeness (QED) is 0.418. The molecule has 1 aromatic heterocycles. The zero-order valence-corrected chi connectivity index (χ0v) is 21.1. The van der Waals surface area contributed by atoms with Crippen molar-refractivity contribution in [3.8, 4) is 11.1 Å². The lowest BCUT2D eigenvalue weighted by atomic mass is 9.94. The molecule has 0 aliphatic heterocycles. The van der Waals surface area contributed by atoms with Gasteiger partial charge in [-0.15, -0.1) is 0 Å². The number of aliphatic carboxylic acids is 1. The zero-order valence-electron chi connectivity index (χ0n) is 21.1. The van der Waals surface area contributed by atoms with Crippen LogP contribution >= 0.6 is 0 Å². The van der Waals surface area contributed by atoms with Crippen molar-refractivity contribution in [1.82, 2.24) is 9.88 Å². The molecule has 3 aromatic rings. The van der Waals surface area contributed by atoms with Gasteiger partial charge in [-0.3, -0.25) is 4.79 Å². The summed E-state index contributed by atoms with van der Waals surface area (Å²) in [6.45, 7) is 9.63. The van der Waals surface area contributed by atoms with Crippen LogP contribution in [0.5, 0.6) is 0 Å². The number of ether oxygens (including phenoxy) is 1. The Hall–Kier alpha value is -3.94. The minimum atomic E-state index is -1.09. The number of rotatable bonds is 7. The number of carboxylic acids is 1. The standard InChI is InChI=1S/C28H31FN2O5/c1-17(2)16-31-23(15-30-27(35)36-28(3,4)5)25(19-8-10-20(29)11-9-19)22-14-18(7-13-24(32)33)6-12-21(22)26(31)34/h6-14,17H,15-16H2,1-5H3,(H,30,35)(H,32,33). The number of pyridine rings is 1. The van der Waals surface area contributed by atoms with Gasteiger partial charge in [0.15, 0.2) is 0 Å². The molecule has 0 unspecified atom stereocenters. The van der Waals surface area contributed by atoms with E-state index in [0.717, 1.165) is 6.08 Å². The lowest BCUT2D eigenvalue weighted by Crippen LogP contribution is -2.35. The molecule has 1 amide bonds. The van der Waals surface area contributed by atoms with Crippen molar-refractivity contribution >= 4 is 28.9 Å². The molecule has 2 N–H and O–H groups in total. The molecule has 0 saturated heterocycles. The summed E-state index contributed by atoms with van der Waals surface area (Å²) >= 11 is 0. The van der Waals surface area contributed by atoms with Crippen molar-refractivity contribution in [1.29, 1.82) is 0 Å². The predicted octanol–water partition coefficient (Wildman–Crippen LogP) is 5.59. The van der Waals surface area contributed by atoms with Gasteiger partial charge in [0.1, 0.15) is 11.4 Å². The lowest BCUT2D eigenvalue weighted by Gasteiger charge is -2.23. The van der Waals surface area contributed by atoms with Crippen molar-refractivity contribution in [2.75, 3.05) is 0 Å². The summed E-state index contributed by atoms with van der Waals surface area (Å²) in [7, 11) is 0. The number of halogens is 1. The molecule has 1 heterocycles. The first-order valence-electron chi connectivity index (χ1n) is 11.7. The molecule has 3 rings (SSSR count). The number of benzene rings is 2. The van der Waals surface area contributed by atoms with E-state index in [1.165, 1.54) is 18.2 Å². The number of nitrogens with zero attached hydrogens (tertiary/aromatic N) is 1. The van der Waals surface area contributed by atoms with Crippen molar-refractivity contribution < 1.29 is 23.8 Å². The molecular formula is C28H31FN2O5. The van der Waals surface area contributed by atoms with E-state index < -0.39 is 23.5 Å². The molecule has 7 nitrogen and oxygen atoms in total. The second-order valence-electron chi connectivity index (χ2n) is 9.97. The fourth-order valence-electron chi connectivity index (χ4n) is 3.94. The van der Waals surface area contributed by atoms with Crippen LogP contribution in [0.25, 0.3) is 28.0 Å². The average Bonchev–Trinajstić information content (AvgIpc) is 2.77. The van der Waals surface area contributed by atoms with E-state index >= 15 is 0 Å². The number of fused-ring (bicyclic) bond motifs is 1. The number of hydrogen-bond acceptors (Lipinski definition) is 4. The number of carbonyl (C=O) groups is 2. The van der Waals surface area contributed by atoms with Gasteiger partial charge in [-0.1, -0.05) is 32.0 Å². The Morgan fingerprint density at radius 2 is 1.78 bits per heavy atom. The number of hydrogen-bond donors (Lipinski definition) is 2. The fraction of sp³-hybridized carbons (Fsp3) is 0.321. The van der Waals surface area contributed by atoms with Gasteiger partial charge in [0.2, 0.25) is 0 Å². The molecule has 0 aliphatic rings. The average molecular weight is 495 g/mol. The Labute approximate surface area is 209 Å². The largest absolute Gasteiger partial charge is 0.478 e. The van der Waals surface area contributed by atoms with Crippen LogP contribution in [0.4, 0.5) is 9.18 Å². The van der Waals surface area contributed by atoms with Gasteiger partial charge in [-0.2, -0.15) is 0 Å². The van der Waals surface area contributed by atoms with E-state index in [4.69, 9.17) is 9.84 Å². The smallest absolute Gasteiger partial charge is 0.407 e. The Morgan fingerprint density at radius 3 is 2.36 bits per heavy atom. The number of carboxylic acid groups (broad SMARTS) is 1. The zero-order chi connectivity index (χ0) is 26.6. The van der Waals surface area contributed by atoms with E-state index in [2.05, 4.69) is 5.32 Å². The number of carbonyl (C=O) groups excluding carboxylic acids is 1. The van der Waals surface area contributed by atoms with Crippen molar-refractivity contribution in [3.05, 3.63) is 76.0 Å². The number of aromatic nitrogens is 1. The van der Waals surface area contributed by atoms with Crippen LogP contribution < -0.4 is 10.9 Å². The minimum absolute atomic E-state index is 0.00524. The molecule has 2 aromatic carbocycles. The topological polar surface area (TPSA) is 97.6 Å². The normalized spacial score (nSPS) is 11.9. The predicted molar refractivity (Wildman–Crippen MR) is 138 cm³/mol. The maximum Gasteiger partial charge on any atom is 0.407 e. The maximum atomic E-state index is 13.8. The van der Waals surface area contributed by atoms with Crippen LogP contribution in [-0.2, 0) is 22.6 Å². The van der Waals surface area contributed by atoms with Crippen LogP contribution in [0.15, 0.2) is 53.3 Å².